The van der Waals surface area contributed by atoms with Gasteiger partial charge in [-0.3, -0.25) is 4.79 Å². The smallest absolute Gasteiger partial charge is 0.493 e. The fourth-order valence-corrected chi connectivity index (χ4v) is 6.39. The lowest BCUT2D eigenvalue weighted by Crippen LogP contribution is -2.78. The van der Waals surface area contributed by atoms with E-state index in [4.69, 9.17) is 23.7 Å². The lowest BCUT2D eigenvalue weighted by molar-refractivity contribution is -0.191. The topological polar surface area (TPSA) is 101 Å². The Labute approximate surface area is 197 Å². The van der Waals surface area contributed by atoms with Gasteiger partial charge >= 0.3 is 12.2 Å². The average Bonchev–Trinajstić information content (AvgIpc) is 3.18. The molecule has 2 bridgehead atoms. The van der Waals surface area contributed by atoms with E-state index in [-0.39, 0.29) is 31.8 Å². The molecule has 1 spiro atoms. The third-order valence-electron chi connectivity index (χ3n) is 7.57. The van der Waals surface area contributed by atoms with Crippen LogP contribution >= 0.6 is 0 Å². The minimum atomic E-state index is -1.24. The highest BCUT2D eigenvalue weighted by molar-refractivity contribution is 5.90. The van der Waals surface area contributed by atoms with Gasteiger partial charge in [-0.15, -0.1) is 0 Å². The number of methoxy groups -OCH3 is 1. The SMILES string of the molecule is C=CCOC(=O)OC12CCC(=O)C3Oc4c(OC)ccc5c4C31CCN(C(=O)OCC=C)C2C5. The molecule has 0 radical (unpaired) electrons. The number of rotatable bonds is 6. The maximum atomic E-state index is 13.2. The van der Waals surface area contributed by atoms with Crippen molar-refractivity contribution in [3.05, 3.63) is 48.6 Å². The lowest BCUT2D eigenvalue weighted by atomic mass is 9.49. The summed E-state index contributed by atoms with van der Waals surface area (Å²) >= 11 is 0. The van der Waals surface area contributed by atoms with Gasteiger partial charge in [-0.1, -0.05) is 31.4 Å². The third kappa shape index (κ3) is 2.82. The van der Waals surface area contributed by atoms with Gasteiger partial charge in [0.2, 0.25) is 0 Å². The first-order valence-corrected chi connectivity index (χ1v) is 11.3. The summed E-state index contributed by atoms with van der Waals surface area (Å²) < 4.78 is 28.6. The van der Waals surface area contributed by atoms with E-state index in [1.54, 1.807) is 18.1 Å². The molecule has 4 atom stereocenters. The lowest BCUT2D eigenvalue weighted by Gasteiger charge is -2.62. The van der Waals surface area contributed by atoms with Crippen LogP contribution in [-0.4, -0.2) is 67.5 Å². The first-order valence-electron chi connectivity index (χ1n) is 11.3. The Morgan fingerprint density at radius 1 is 1.21 bits per heavy atom. The van der Waals surface area contributed by atoms with Gasteiger partial charge in [0.1, 0.15) is 13.2 Å². The summed E-state index contributed by atoms with van der Waals surface area (Å²) in [5.74, 6) is 0.963. The minimum Gasteiger partial charge on any atom is -0.493 e. The summed E-state index contributed by atoms with van der Waals surface area (Å²) in [6.45, 7) is 7.53. The molecule has 9 heteroatoms. The molecule has 1 saturated heterocycles. The van der Waals surface area contributed by atoms with Crippen molar-refractivity contribution >= 4 is 18.0 Å². The van der Waals surface area contributed by atoms with E-state index in [9.17, 15) is 14.4 Å². The van der Waals surface area contributed by atoms with E-state index in [0.29, 0.717) is 30.9 Å². The molecule has 2 aliphatic heterocycles. The van der Waals surface area contributed by atoms with Crippen molar-refractivity contribution in [2.24, 2.45) is 0 Å². The predicted octanol–water partition coefficient (Wildman–Crippen LogP) is 3.09. The summed E-state index contributed by atoms with van der Waals surface area (Å²) in [6, 6.07) is 3.16. The number of hydrogen-bond acceptors (Lipinski definition) is 8. The standard InChI is InChI=1S/C25H27NO8/c1-4-12-31-22(28)26-11-10-24-19-15-6-7-17(30-3)20(19)33-21(24)16(27)8-9-25(24,18(26)14-15)34-23(29)32-13-5-2/h4-7,18,21H,1-2,8-14H2,3H3. The molecule has 2 heterocycles. The quantitative estimate of drug-likeness (QED) is 0.463. The van der Waals surface area contributed by atoms with E-state index in [1.165, 1.54) is 12.2 Å². The maximum Gasteiger partial charge on any atom is 0.509 e. The first kappa shape index (κ1) is 22.3. The molecule has 4 aliphatic rings. The summed E-state index contributed by atoms with van der Waals surface area (Å²) in [7, 11) is 1.54. The van der Waals surface area contributed by atoms with Gasteiger partial charge in [0, 0.05) is 18.5 Å². The molecule has 5 rings (SSSR count). The van der Waals surface area contributed by atoms with E-state index < -0.39 is 35.4 Å². The van der Waals surface area contributed by atoms with Crippen LogP contribution in [0.25, 0.3) is 0 Å². The van der Waals surface area contributed by atoms with Crippen LogP contribution in [0.1, 0.15) is 30.4 Å². The molecule has 1 aromatic rings. The van der Waals surface area contributed by atoms with Crippen molar-refractivity contribution in [3.8, 4) is 11.5 Å². The van der Waals surface area contributed by atoms with Gasteiger partial charge in [-0.2, -0.15) is 0 Å². The number of piperidine rings is 1. The molecular formula is C25H27NO8. The van der Waals surface area contributed by atoms with Crippen LogP contribution in [0.4, 0.5) is 9.59 Å². The van der Waals surface area contributed by atoms with Gasteiger partial charge in [0.15, 0.2) is 29.0 Å². The van der Waals surface area contributed by atoms with Crippen LogP contribution in [0.2, 0.25) is 0 Å². The third-order valence-corrected chi connectivity index (χ3v) is 7.57. The largest absolute Gasteiger partial charge is 0.509 e. The Balaban J connectivity index is 1.69. The molecule has 0 aromatic heterocycles. The number of ketones is 1. The number of carbonyl (C=O) groups excluding carboxylic acids is 3. The van der Waals surface area contributed by atoms with Crippen molar-refractivity contribution in [1.82, 2.24) is 4.90 Å². The fraction of sp³-hybridized carbons (Fsp3) is 0.480. The van der Waals surface area contributed by atoms with E-state index in [2.05, 4.69) is 13.2 Å². The zero-order valence-electron chi connectivity index (χ0n) is 19.0. The number of carbonyl (C=O) groups is 3. The highest BCUT2D eigenvalue weighted by atomic mass is 16.7. The molecule has 34 heavy (non-hydrogen) atoms. The molecule has 9 nitrogen and oxygen atoms in total. The molecule has 1 aromatic carbocycles. The summed E-state index contributed by atoms with van der Waals surface area (Å²) in [5.41, 5.74) is -0.443. The van der Waals surface area contributed by atoms with Gasteiger partial charge in [0.05, 0.1) is 18.6 Å². The average molecular weight is 469 g/mol. The molecule has 1 amide bonds. The Morgan fingerprint density at radius 3 is 2.71 bits per heavy atom. The van der Waals surface area contributed by atoms with Crippen LogP contribution in [0.5, 0.6) is 11.5 Å². The second-order valence-electron chi connectivity index (χ2n) is 8.94. The number of Topliss-reactive ketones (excluding diaryl/α,β-unsaturated/α-hetero) is 1. The maximum absolute atomic E-state index is 13.2. The van der Waals surface area contributed by atoms with Crippen molar-refractivity contribution in [2.75, 3.05) is 26.9 Å². The van der Waals surface area contributed by atoms with Crippen molar-refractivity contribution in [1.29, 1.82) is 0 Å². The van der Waals surface area contributed by atoms with E-state index in [1.807, 2.05) is 6.07 Å². The molecule has 0 N–H and O–H groups in total. The number of hydrogen-bond donors (Lipinski definition) is 0. The number of benzene rings is 1. The van der Waals surface area contributed by atoms with Crippen LogP contribution in [0.15, 0.2) is 37.4 Å². The van der Waals surface area contributed by atoms with Crippen molar-refractivity contribution in [3.63, 3.8) is 0 Å². The number of ether oxygens (including phenoxy) is 5. The fourth-order valence-electron chi connectivity index (χ4n) is 6.39. The number of nitrogens with zero attached hydrogens (tertiary/aromatic N) is 1. The van der Waals surface area contributed by atoms with Crippen LogP contribution in [0.3, 0.4) is 0 Å². The van der Waals surface area contributed by atoms with Crippen LogP contribution in [-0.2, 0) is 30.8 Å². The number of likely N-dealkylation sites (tertiary alicyclic amines) is 1. The second-order valence-corrected chi connectivity index (χ2v) is 8.94. The molecule has 2 aliphatic carbocycles. The Morgan fingerprint density at radius 2 is 1.97 bits per heavy atom. The van der Waals surface area contributed by atoms with Crippen molar-refractivity contribution in [2.45, 2.75) is 48.8 Å². The summed E-state index contributed by atoms with van der Waals surface area (Å²) in [6.07, 6.45) is 1.82. The number of amides is 1. The van der Waals surface area contributed by atoms with Gasteiger partial charge in [-0.05, 0) is 30.9 Å². The molecule has 2 fully saturated rings. The molecular weight excluding hydrogens is 442 g/mol. The normalized spacial score (nSPS) is 29.9. The first-order chi connectivity index (χ1) is 16.4. The monoisotopic (exact) mass is 469 g/mol. The molecule has 180 valence electrons. The van der Waals surface area contributed by atoms with Crippen LogP contribution in [0, 0.1) is 0 Å². The predicted molar refractivity (Wildman–Crippen MR) is 119 cm³/mol. The Bertz CT molecular complexity index is 1080. The summed E-state index contributed by atoms with van der Waals surface area (Å²) in [4.78, 5) is 40.7. The zero-order chi connectivity index (χ0) is 24.1. The second kappa shape index (κ2) is 8.07. The van der Waals surface area contributed by atoms with Crippen LogP contribution < -0.4 is 9.47 Å². The minimum absolute atomic E-state index is 0.0216. The Kier molecular flexibility index (Phi) is 5.30. The van der Waals surface area contributed by atoms with E-state index >= 15 is 0 Å². The molecule has 1 saturated carbocycles. The zero-order valence-corrected chi connectivity index (χ0v) is 19.0. The van der Waals surface area contributed by atoms with E-state index in [0.717, 1.165) is 11.1 Å². The molecule has 4 unspecified atom stereocenters. The summed E-state index contributed by atoms with van der Waals surface area (Å²) in [5, 5.41) is 0. The highest BCUT2D eigenvalue weighted by Gasteiger charge is 2.76. The Hall–Kier alpha value is -3.49. The van der Waals surface area contributed by atoms with Gasteiger partial charge < -0.3 is 28.6 Å². The van der Waals surface area contributed by atoms with Crippen molar-refractivity contribution < 1.29 is 38.1 Å². The van der Waals surface area contributed by atoms with Gasteiger partial charge in [-0.25, -0.2) is 9.59 Å². The van der Waals surface area contributed by atoms with Gasteiger partial charge in [0.25, 0.3) is 0 Å². The highest BCUT2D eigenvalue weighted by Crippen LogP contribution is 2.66.